The minimum Gasteiger partial charge on any atom is -0.484 e. The second kappa shape index (κ2) is 10.00. The average Bonchev–Trinajstić information content (AvgIpc) is 2.65. The fourth-order valence-electron chi connectivity index (χ4n) is 2.01. The van der Waals surface area contributed by atoms with E-state index in [9.17, 15) is 9.59 Å². The molecule has 1 atom stereocenters. The Hall–Kier alpha value is -3.13. The summed E-state index contributed by atoms with van der Waals surface area (Å²) >= 11 is 0. The van der Waals surface area contributed by atoms with E-state index in [2.05, 4.69) is 10.3 Å². The number of carboxylic acids is 1. The average molecular weight is 360 g/mol. The SMILES string of the molecule is COCCC(NC(=O)COc1ccc(Oc2ccccn2)cc1)C(=O)O. The number of nitrogens with zero attached hydrogens (tertiary/aromatic N) is 1. The molecule has 0 saturated carbocycles. The van der Waals surface area contributed by atoms with Gasteiger partial charge in [-0.05, 0) is 30.3 Å². The first-order chi connectivity index (χ1) is 12.6. The predicted molar refractivity (Wildman–Crippen MR) is 92.3 cm³/mol. The third kappa shape index (κ3) is 6.40. The highest BCUT2D eigenvalue weighted by Gasteiger charge is 2.19. The van der Waals surface area contributed by atoms with Gasteiger partial charge in [0, 0.05) is 32.4 Å². The minimum atomic E-state index is -1.12. The molecule has 138 valence electrons. The minimum absolute atomic E-state index is 0.178. The summed E-state index contributed by atoms with van der Waals surface area (Å²) in [6, 6.07) is 11.0. The van der Waals surface area contributed by atoms with Gasteiger partial charge >= 0.3 is 5.97 Å². The molecule has 0 fully saturated rings. The van der Waals surface area contributed by atoms with Crippen LogP contribution >= 0.6 is 0 Å². The Kier molecular flexibility index (Phi) is 7.38. The zero-order valence-electron chi connectivity index (χ0n) is 14.3. The van der Waals surface area contributed by atoms with Crippen molar-refractivity contribution in [3.05, 3.63) is 48.7 Å². The van der Waals surface area contributed by atoms with Gasteiger partial charge < -0.3 is 24.6 Å². The number of aromatic nitrogens is 1. The fraction of sp³-hybridized carbons (Fsp3) is 0.278. The first kappa shape index (κ1) is 19.2. The molecule has 1 amide bonds. The van der Waals surface area contributed by atoms with E-state index >= 15 is 0 Å². The molecule has 8 nitrogen and oxygen atoms in total. The van der Waals surface area contributed by atoms with Gasteiger partial charge in [0.05, 0.1) is 0 Å². The molecule has 2 rings (SSSR count). The number of hydrogen-bond donors (Lipinski definition) is 2. The van der Waals surface area contributed by atoms with Crippen molar-refractivity contribution in [2.24, 2.45) is 0 Å². The highest BCUT2D eigenvalue weighted by molar-refractivity contribution is 5.84. The van der Waals surface area contributed by atoms with Crippen LogP contribution in [-0.2, 0) is 14.3 Å². The molecule has 2 N–H and O–H groups in total. The van der Waals surface area contributed by atoms with Crippen LogP contribution in [0, 0.1) is 0 Å². The topological polar surface area (TPSA) is 107 Å². The van der Waals surface area contributed by atoms with E-state index in [4.69, 9.17) is 19.3 Å². The lowest BCUT2D eigenvalue weighted by Crippen LogP contribution is -2.43. The first-order valence-electron chi connectivity index (χ1n) is 7.91. The molecule has 2 aromatic rings. The van der Waals surface area contributed by atoms with Gasteiger partial charge in [-0.15, -0.1) is 0 Å². The number of amides is 1. The Morgan fingerprint density at radius 1 is 1.15 bits per heavy atom. The summed E-state index contributed by atoms with van der Waals surface area (Å²) in [6.07, 6.45) is 1.81. The second-order valence-corrected chi connectivity index (χ2v) is 5.27. The summed E-state index contributed by atoms with van der Waals surface area (Å²) < 4.78 is 15.7. The third-order valence-electron chi connectivity index (χ3n) is 3.30. The molecule has 1 aromatic carbocycles. The first-order valence-corrected chi connectivity index (χ1v) is 7.91. The molecule has 0 aliphatic heterocycles. The van der Waals surface area contributed by atoms with Crippen molar-refractivity contribution in [2.45, 2.75) is 12.5 Å². The van der Waals surface area contributed by atoms with Crippen LogP contribution in [-0.4, -0.2) is 48.3 Å². The number of carbonyl (C=O) groups excluding carboxylic acids is 1. The zero-order valence-corrected chi connectivity index (χ0v) is 14.3. The Morgan fingerprint density at radius 2 is 1.88 bits per heavy atom. The fourth-order valence-corrected chi connectivity index (χ4v) is 2.01. The number of ether oxygens (including phenoxy) is 3. The predicted octanol–water partition coefficient (Wildman–Crippen LogP) is 1.86. The van der Waals surface area contributed by atoms with Gasteiger partial charge in [-0.2, -0.15) is 0 Å². The Bertz CT molecular complexity index is 705. The lowest BCUT2D eigenvalue weighted by atomic mass is 10.2. The molecule has 1 aromatic heterocycles. The Labute approximate surface area is 150 Å². The third-order valence-corrected chi connectivity index (χ3v) is 3.30. The van der Waals surface area contributed by atoms with E-state index < -0.39 is 17.9 Å². The molecule has 8 heteroatoms. The van der Waals surface area contributed by atoms with Crippen LogP contribution in [0.2, 0.25) is 0 Å². The van der Waals surface area contributed by atoms with E-state index in [-0.39, 0.29) is 19.6 Å². The monoisotopic (exact) mass is 360 g/mol. The summed E-state index contributed by atoms with van der Waals surface area (Å²) in [5.41, 5.74) is 0. The van der Waals surface area contributed by atoms with Crippen molar-refractivity contribution in [2.75, 3.05) is 20.3 Å². The van der Waals surface area contributed by atoms with Gasteiger partial charge in [0.15, 0.2) is 6.61 Å². The van der Waals surface area contributed by atoms with Gasteiger partial charge in [-0.25, -0.2) is 9.78 Å². The number of aliphatic carboxylic acids is 1. The number of carboxylic acid groups (broad SMARTS) is 1. The van der Waals surface area contributed by atoms with Crippen molar-refractivity contribution in [1.82, 2.24) is 10.3 Å². The number of nitrogens with one attached hydrogen (secondary N) is 1. The largest absolute Gasteiger partial charge is 0.484 e. The summed E-state index contributed by atoms with van der Waals surface area (Å²) in [5, 5.41) is 11.4. The van der Waals surface area contributed by atoms with E-state index in [1.54, 1.807) is 42.6 Å². The number of pyridine rings is 1. The van der Waals surface area contributed by atoms with Gasteiger partial charge in [0.2, 0.25) is 5.88 Å². The molecule has 0 saturated heterocycles. The van der Waals surface area contributed by atoms with Crippen LogP contribution in [0.5, 0.6) is 17.4 Å². The summed E-state index contributed by atoms with van der Waals surface area (Å²) in [5.74, 6) is -0.145. The molecule has 26 heavy (non-hydrogen) atoms. The highest BCUT2D eigenvalue weighted by Crippen LogP contribution is 2.22. The number of benzene rings is 1. The van der Waals surface area contributed by atoms with Gasteiger partial charge in [-0.3, -0.25) is 4.79 Å². The van der Waals surface area contributed by atoms with Crippen LogP contribution in [0.4, 0.5) is 0 Å². The Balaban J connectivity index is 1.81. The Morgan fingerprint density at radius 3 is 2.50 bits per heavy atom. The number of methoxy groups -OCH3 is 1. The molecular formula is C18H20N2O6. The highest BCUT2D eigenvalue weighted by atomic mass is 16.5. The lowest BCUT2D eigenvalue weighted by molar-refractivity contribution is -0.142. The van der Waals surface area contributed by atoms with Crippen LogP contribution in [0.3, 0.4) is 0 Å². The zero-order chi connectivity index (χ0) is 18.8. The number of carbonyl (C=O) groups is 2. The van der Waals surface area contributed by atoms with Crippen LogP contribution < -0.4 is 14.8 Å². The molecule has 0 radical (unpaired) electrons. The van der Waals surface area contributed by atoms with Crippen LogP contribution in [0.15, 0.2) is 48.7 Å². The van der Waals surface area contributed by atoms with Gasteiger partial charge in [0.25, 0.3) is 5.91 Å². The smallest absolute Gasteiger partial charge is 0.326 e. The summed E-state index contributed by atoms with van der Waals surface area (Å²) in [7, 11) is 1.46. The molecule has 1 heterocycles. The van der Waals surface area contributed by atoms with E-state index in [0.717, 1.165) is 0 Å². The lowest BCUT2D eigenvalue weighted by Gasteiger charge is -2.14. The second-order valence-electron chi connectivity index (χ2n) is 5.27. The standard InChI is InChI=1S/C18H20N2O6/c1-24-11-9-15(18(22)23)20-16(21)12-25-13-5-7-14(8-6-13)26-17-4-2-3-10-19-17/h2-8,10,15H,9,11-12H2,1H3,(H,20,21)(H,22,23). The van der Waals surface area contributed by atoms with E-state index in [1.807, 2.05) is 6.07 Å². The maximum absolute atomic E-state index is 11.8. The molecule has 0 aliphatic rings. The summed E-state index contributed by atoms with van der Waals surface area (Å²) in [4.78, 5) is 27.0. The van der Waals surface area contributed by atoms with Crippen molar-refractivity contribution in [3.8, 4) is 17.4 Å². The quantitative estimate of drug-likeness (QED) is 0.666. The van der Waals surface area contributed by atoms with Gasteiger partial charge in [-0.1, -0.05) is 6.07 Å². The number of hydrogen-bond acceptors (Lipinski definition) is 6. The maximum atomic E-state index is 11.8. The van der Waals surface area contributed by atoms with Crippen molar-refractivity contribution in [3.63, 3.8) is 0 Å². The van der Waals surface area contributed by atoms with E-state index in [0.29, 0.717) is 17.4 Å². The van der Waals surface area contributed by atoms with Crippen molar-refractivity contribution < 1.29 is 28.9 Å². The molecule has 0 spiro atoms. The number of rotatable bonds is 10. The van der Waals surface area contributed by atoms with Crippen molar-refractivity contribution >= 4 is 11.9 Å². The molecular weight excluding hydrogens is 340 g/mol. The molecule has 0 aliphatic carbocycles. The van der Waals surface area contributed by atoms with Crippen molar-refractivity contribution in [1.29, 1.82) is 0 Å². The van der Waals surface area contributed by atoms with Crippen LogP contribution in [0.1, 0.15) is 6.42 Å². The van der Waals surface area contributed by atoms with Gasteiger partial charge in [0.1, 0.15) is 17.5 Å². The summed E-state index contributed by atoms with van der Waals surface area (Å²) in [6.45, 7) is -0.0625. The van der Waals surface area contributed by atoms with Crippen LogP contribution in [0.25, 0.3) is 0 Å². The molecule has 0 bridgehead atoms. The molecule has 1 unspecified atom stereocenters. The van der Waals surface area contributed by atoms with E-state index in [1.165, 1.54) is 7.11 Å². The normalized spacial score (nSPS) is 11.4. The maximum Gasteiger partial charge on any atom is 0.326 e.